The molecule has 0 bridgehead atoms. The zero-order valence-electron chi connectivity index (χ0n) is 59.1. The van der Waals surface area contributed by atoms with Gasteiger partial charge in [0.1, 0.15) is 0 Å². The molecule has 3 aromatic heterocycles. The van der Waals surface area contributed by atoms with Crippen molar-refractivity contribution in [1.82, 2.24) is 24.1 Å². The average molecular weight is 1360 g/mol. The molecule has 5 heteroatoms. The molecule has 1 aliphatic carbocycles. The fraction of sp³-hybridized carbons (Fsp3) is 0.0294. The molecule has 0 atom stereocenters. The van der Waals surface area contributed by atoms with Gasteiger partial charge in [-0.15, -0.1) is 0 Å². The van der Waals surface area contributed by atoms with Crippen molar-refractivity contribution in [3.63, 3.8) is 0 Å². The van der Waals surface area contributed by atoms with Gasteiger partial charge in [0.15, 0.2) is 11.6 Å². The quantitative estimate of drug-likeness (QED) is 0.116. The first kappa shape index (κ1) is 62.9. The maximum Gasteiger partial charge on any atom is 0.238 e. The zero-order chi connectivity index (χ0) is 71.1. The third-order valence-corrected chi connectivity index (χ3v) is 21.9. The Morgan fingerprint density at radius 2 is 0.579 bits per heavy atom. The molecule has 0 saturated carbocycles. The first-order chi connectivity index (χ1) is 52.8. The first-order valence-corrected chi connectivity index (χ1v) is 36.8. The number of rotatable bonds is 13. The molecule has 0 N–H and O–H groups in total. The monoisotopic (exact) mass is 1360 g/mol. The van der Waals surface area contributed by atoms with E-state index in [1.54, 1.807) is 0 Å². The standard InChI is InChI=1S/C102H69N5/c1-102(2)93-45-23-21-43-86(93)89-64-92-91-63-75(85-50-47-73(61-88(85)70-35-17-7-18-36-70)74-48-51-96-90(62-74)87-44-22-24-46-95(87)106(96)84-41-19-8-20-42-84)49-52-97(91)107(98(92)65-94(89)102)101-104-99(76-39-25-37-71(53-76)82-57-78(66-27-9-3-10-28-66)55-79(58-82)67-29-11-4-12-30-67)103-100(105-101)77-40-26-38-72(54-77)83-59-80(68-31-13-5-14-32-68)56-81(60-83)69-33-15-6-16-34-69/h3-65H,1-2H3. The zero-order valence-corrected chi connectivity index (χ0v) is 59.1. The van der Waals surface area contributed by atoms with Crippen LogP contribution < -0.4 is 0 Å². The second-order valence-corrected chi connectivity index (χ2v) is 28.7. The number of benzene rings is 16. The van der Waals surface area contributed by atoms with Gasteiger partial charge in [0.2, 0.25) is 5.95 Å². The van der Waals surface area contributed by atoms with Gasteiger partial charge in [-0.3, -0.25) is 4.57 Å². The average Bonchev–Trinajstić information content (AvgIpc) is 1.54. The Kier molecular flexibility index (Phi) is 15.2. The number of para-hydroxylation sites is 2. The van der Waals surface area contributed by atoms with E-state index in [0.717, 1.165) is 139 Å². The number of fused-ring (bicyclic) bond motifs is 9. The summed E-state index contributed by atoms with van der Waals surface area (Å²) in [4.78, 5) is 17.1. The summed E-state index contributed by atoms with van der Waals surface area (Å²) < 4.78 is 4.69. The highest BCUT2D eigenvalue weighted by molar-refractivity contribution is 6.14. The van der Waals surface area contributed by atoms with Crippen molar-refractivity contribution in [1.29, 1.82) is 0 Å². The molecule has 0 unspecified atom stereocenters. The van der Waals surface area contributed by atoms with E-state index < -0.39 is 0 Å². The van der Waals surface area contributed by atoms with Crippen LogP contribution in [-0.2, 0) is 5.41 Å². The molecule has 0 radical (unpaired) electrons. The highest BCUT2D eigenvalue weighted by Crippen LogP contribution is 2.52. The summed E-state index contributed by atoms with van der Waals surface area (Å²) in [6.07, 6.45) is 0. The van der Waals surface area contributed by atoms with Crippen molar-refractivity contribution in [3.8, 4) is 146 Å². The summed E-state index contributed by atoms with van der Waals surface area (Å²) in [7, 11) is 0. The smallest absolute Gasteiger partial charge is 0.238 e. The highest BCUT2D eigenvalue weighted by atomic mass is 15.2. The Morgan fingerprint density at radius 1 is 0.196 bits per heavy atom. The minimum Gasteiger partial charge on any atom is -0.309 e. The van der Waals surface area contributed by atoms with Crippen molar-refractivity contribution < 1.29 is 0 Å². The molecule has 19 aromatic rings. The van der Waals surface area contributed by atoms with E-state index >= 15 is 0 Å². The Bertz CT molecular complexity index is 6370. The summed E-state index contributed by atoms with van der Waals surface area (Å²) in [6, 6.07) is 139. The highest BCUT2D eigenvalue weighted by Gasteiger charge is 2.37. The summed E-state index contributed by atoms with van der Waals surface area (Å²) in [5.41, 5.74) is 32.3. The Hall–Kier alpha value is -13.9. The molecule has 3 heterocycles. The molecule has 502 valence electrons. The van der Waals surface area contributed by atoms with Crippen LogP contribution in [0.2, 0.25) is 0 Å². The second-order valence-electron chi connectivity index (χ2n) is 28.7. The van der Waals surface area contributed by atoms with Crippen molar-refractivity contribution in [3.05, 3.63) is 393 Å². The van der Waals surface area contributed by atoms with Crippen LogP contribution in [0.3, 0.4) is 0 Å². The summed E-state index contributed by atoms with van der Waals surface area (Å²) in [5, 5.41) is 4.65. The van der Waals surface area contributed by atoms with Crippen LogP contribution >= 0.6 is 0 Å². The lowest BCUT2D eigenvalue weighted by Crippen LogP contribution is -2.15. The topological polar surface area (TPSA) is 48.5 Å². The third kappa shape index (κ3) is 11.1. The van der Waals surface area contributed by atoms with Crippen LogP contribution in [0, 0.1) is 0 Å². The van der Waals surface area contributed by atoms with Gasteiger partial charge in [0, 0.05) is 43.8 Å². The molecule has 20 rings (SSSR count). The van der Waals surface area contributed by atoms with Gasteiger partial charge in [-0.05, 0) is 232 Å². The summed E-state index contributed by atoms with van der Waals surface area (Å²) >= 11 is 0. The van der Waals surface area contributed by atoms with E-state index in [0.29, 0.717) is 17.6 Å². The van der Waals surface area contributed by atoms with Crippen LogP contribution in [0.4, 0.5) is 0 Å². The lowest BCUT2D eigenvalue weighted by Gasteiger charge is -2.21. The van der Waals surface area contributed by atoms with E-state index in [1.807, 2.05) is 0 Å². The molecule has 0 fully saturated rings. The van der Waals surface area contributed by atoms with Crippen LogP contribution in [-0.4, -0.2) is 24.1 Å². The molecule has 5 nitrogen and oxygen atoms in total. The third-order valence-electron chi connectivity index (χ3n) is 21.9. The Morgan fingerprint density at radius 3 is 1.14 bits per heavy atom. The molecule has 0 amide bonds. The van der Waals surface area contributed by atoms with Gasteiger partial charge < -0.3 is 4.57 Å². The number of aromatic nitrogens is 5. The lowest BCUT2D eigenvalue weighted by molar-refractivity contribution is 0.661. The SMILES string of the molecule is CC1(C)c2ccccc2-c2cc3c4cc(-c5ccc(-c6ccc7c(c6)c6ccccc6n7-c6ccccc6)cc5-c5ccccc5)ccc4n(-c4nc(-c5cccc(-c6cc(-c7ccccc7)cc(-c7ccccc7)c6)c5)nc(-c5cccc(-c6cc(-c7ccccc7)cc(-c7ccccc7)c6)c5)n4)c3cc21. The number of nitrogens with zero attached hydrogens (tertiary/aromatic N) is 5. The first-order valence-electron chi connectivity index (χ1n) is 36.8. The Labute approximate surface area is 622 Å². The van der Waals surface area contributed by atoms with Crippen LogP contribution in [0.1, 0.15) is 25.0 Å². The largest absolute Gasteiger partial charge is 0.309 e. The minimum atomic E-state index is -0.297. The lowest BCUT2D eigenvalue weighted by atomic mass is 9.82. The van der Waals surface area contributed by atoms with Gasteiger partial charge in [-0.1, -0.05) is 287 Å². The van der Waals surface area contributed by atoms with Crippen molar-refractivity contribution in [2.75, 3.05) is 0 Å². The molecule has 107 heavy (non-hydrogen) atoms. The van der Waals surface area contributed by atoms with E-state index in [4.69, 9.17) is 15.0 Å². The van der Waals surface area contributed by atoms with Crippen LogP contribution in [0.5, 0.6) is 0 Å². The van der Waals surface area contributed by atoms with Gasteiger partial charge in [0.25, 0.3) is 0 Å². The molecule has 0 aliphatic heterocycles. The van der Waals surface area contributed by atoms with Crippen LogP contribution in [0.15, 0.2) is 382 Å². The predicted octanol–water partition coefficient (Wildman–Crippen LogP) is 26.7. The van der Waals surface area contributed by atoms with Crippen molar-refractivity contribution in [2.24, 2.45) is 0 Å². The summed E-state index contributed by atoms with van der Waals surface area (Å²) in [6.45, 7) is 4.72. The van der Waals surface area contributed by atoms with Gasteiger partial charge in [0.05, 0.1) is 22.1 Å². The van der Waals surface area contributed by atoms with E-state index in [1.165, 1.54) is 44.1 Å². The second kappa shape index (κ2) is 25.8. The van der Waals surface area contributed by atoms with Crippen LogP contribution in [0.25, 0.3) is 189 Å². The Balaban J connectivity index is 0.791. The number of hydrogen-bond donors (Lipinski definition) is 0. The summed E-state index contributed by atoms with van der Waals surface area (Å²) in [5.74, 6) is 1.65. The van der Waals surface area contributed by atoms with Crippen molar-refractivity contribution >= 4 is 43.6 Å². The van der Waals surface area contributed by atoms with E-state index in [2.05, 4.69) is 405 Å². The normalized spacial score (nSPS) is 12.3. The predicted molar refractivity (Wildman–Crippen MR) is 446 cm³/mol. The maximum atomic E-state index is 5.74. The minimum absolute atomic E-state index is 0.297. The molecule has 1 aliphatic rings. The molecular formula is C102H69N5. The fourth-order valence-electron chi connectivity index (χ4n) is 16.6. The number of hydrogen-bond acceptors (Lipinski definition) is 3. The maximum absolute atomic E-state index is 5.74. The molecule has 16 aromatic carbocycles. The van der Waals surface area contributed by atoms with E-state index in [-0.39, 0.29) is 5.41 Å². The van der Waals surface area contributed by atoms with Gasteiger partial charge in [-0.2, -0.15) is 9.97 Å². The fourth-order valence-corrected chi connectivity index (χ4v) is 16.6. The van der Waals surface area contributed by atoms with Gasteiger partial charge >= 0.3 is 0 Å². The molecular weight excluding hydrogens is 1300 g/mol. The molecule has 0 saturated heterocycles. The molecule has 0 spiro atoms. The van der Waals surface area contributed by atoms with Crippen molar-refractivity contribution in [2.45, 2.75) is 19.3 Å². The van der Waals surface area contributed by atoms with Gasteiger partial charge in [-0.25, -0.2) is 4.98 Å². The van der Waals surface area contributed by atoms with E-state index in [9.17, 15) is 0 Å².